The van der Waals surface area contributed by atoms with E-state index in [2.05, 4.69) is 6.07 Å². The van der Waals surface area contributed by atoms with E-state index in [0.29, 0.717) is 30.0 Å². The molecule has 35 heavy (non-hydrogen) atoms. The maximum atomic E-state index is 13.5. The molecule has 0 aromatic heterocycles. The van der Waals surface area contributed by atoms with E-state index < -0.39 is 5.92 Å². The highest BCUT2D eigenvalue weighted by atomic mass is 35.5. The average Bonchev–Trinajstić information content (AvgIpc) is 2.88. The van der Waals surface area contributed by atoms with Gasteiger partial charge in [0.15, 0.2) is 5.78 Å². The standard InChI is InChI=1S/C30H25ClN2O2/c1-19-26(17-32)29(22-9-13-25(14-10-22)35-18-20-5-3-2-4-6-20)30-27(33-19)15-23(16-28(30)34)21-7-11-24(31)12-8-21/h2-14,23,26,29H,15-16,18H2,1H3/t23-,26?,29-/m0/s1. The van der Waals surface area contributed by atoms with Crippen molar-refractivity contribution in [3.63, 3.8) is 0 Å². The highest BCUT2D eigenvalue weighted by molar-refractivity contribution is 6.30. The largest absolute Gasteiger partial charge is 0.489 e. The second-order valence-corrected chi connectivity index (χ2v) is 9.56. The summed E-state index contributed by atoms with van der Waals surface area (Å²) in [6.07, 6.45) is 1.08. The quantitative estimate of drug-likeness (QED) is 0.394. The average molecular weight is 481 g/mol. The molecule has 2 aliphatic rings. The summed E-state index contributed by atoms with van der Waals surface area (Å²) in [5.74, 6) is 0.0784. The van der Waals surface area contributed by atoms with E-state index in [1.54, 1.807) is 0 Å². The summed E-state index contributed by atoms with van der Waals surface area (Å²) in [4.78, 5) is 18.2. The van der Waals surface area contributed by atoms with Crippen LogP contribution in [0.15, 0.2) is 95.1 Å². The first-order chi connectivity index (χ1) is 17.0. The number of allylic oxidation sites excluding steroid dienone is 2. The molecule has 1 aliphatic carbocycles. The number of Topliss-reactive ketones (excluding diaryl/α,β-unsaturated/α-hetero) is 1. The normalized spacial score (nSPS) is 21.7. The number of ketones is 1. The Kier molecular flexibility index (Phi) is 6.53. The lowest BCUT2D eigenvalue weighted by Gasteiger charge is -2.35. The van der Waals surface area contributed by atoms with Crippen LogP contribution >= 0.6 is 11.6 Å². The van der Waals surface area contributed by atoms with Crippen molar-refractivity contribution in [2.75, 3.05) is 0 Å². The molecule has 5 heteroatoms. The highest BCUT2D eigenvalue weighted by Gasteiger charge is 2.41. The monoisotopic (exact) mass is 480 g/mol. The molecule has 1 heterocycles. The van der Waals surface area contributed by atoms with Gasteiger partial charge in [-0.2, -0.15) is 5.26 Å². The number of rotatable bonds is 5. The Morgan fingerprint density at radius 3 is 2.34 bits per heavy atom. The van der Waals surface area contributed by atoms with Gasteiger partial charge in [0.2, 0.25) is 0 Å². The van der Waals surface area contributed by atoms with E-state index in [0.717, 1.165) is 33.8 Å². The Hall–Kier alpha value is -3.68. The predicted octanol–water partition coefficient (Wildman–Crippen LogP) is 7.02. The topological polar surface area (TPSA) is 62.4 Å². The van der Waals surface area contributed by atoms with Crippen LogP contribution < -0.4 is 4.74 Å². The lowest BCUT2D eigenvalue weighted by molar-refractivity contribution is -0.116. The van der Waals surface area contributed by atoms with Crippen LogP contribution in [0.1, 0.15) is 48.3 Å². The number of hydrogen-bond acceptors (Lipinski definition) is 4. The molecule has 0 spiro atoms. The van der Waals surface area contributed by atoms with Gasteiger partial charge in [-0.1, -0.05) is 66.2 Å². The Balaban J connectivity index is 1.42. The maximum Gasteiger partial charge on any atom is 0.161 e. The molecular formula is C30H25ClN2O2. The second-order valence-electron chi connectivity index (χ2n) is 9.12. The molecule has 4 nitrogen and oxygen atoms in total. The second kappa shape index (κ2) is 9.90. The molecule has 0 saturated carbocycles. The molecule has 5 rings (SSSR count). The van der Waals surface area contributed by atoms with Crippen LogP contribution in [0.3, 0.4) is 0 Å². The van der Waals surface area contributed by atoms with Gasteiger partial charge in [0.25, 0.3) is 0 Å². The first-order valence-electron chi connectivity index (χ1n) is 11.8. The number of nitriles is 1. The number of carbonyl (C=O) groups is 1. The number of aliphatic imine (C=N–C) groups is 1. The zero-order chi connectivity index (χ0) is 24.4. The Bertz CT molecular complexity index is 1340. The fraction of sp³-hybridized carbons (Fsp3) is 0.233. The fourth-order valence-electron chi connectivity index (χ4n) is 5.07. The Morgan fingerprint density at radius 1 is 0.971 bits per heavy atom. The Morgan fingerprint density at radius 2 is 1.66 bits per heavy atom. The van der Waals surface area contributed by atoms with Gasteiger partial charge in [-0.25, -0.2) is 0 Å². The summed E-state index contributed by atoms with van der Waals surface area (Å²) in [6.45, 7) is 2.37. The SMILES string of the molecule is CC1=NC2=C(C(=O)C[C@@H](c3ccc(Cl)cc3)C2)[C@@H](c2ccc(OCc3ccccc3)cc2)C1C#N. The highest BCUT2D eigenvalue weighted by Crippen LogP contribution is 2.46. The van der Waals surface area contributed by atoms with E-state index in [-0.39, 0.29) is 17.6 Å². The molecule has 174 valence electrons. The zero-order valence-corrected chi connectivity index (χ0v) is 20.2. The third-order valence-corrected chi connectivity index (χ3v) is 7.11. The molecule has 3 atom stereocenters. The van der Waals surface area contributed by atoms with Crippen LogP contribution in [-0.4, -0.2) is 11.5 Å². The summed E-state index contributed by atoms with van der Waals surface area (Å²) < 4.78 is 5.93. The van der Waals surface area contributed by atoms with Gasteiger partial charge in [-0.05, 0) is 60.2 Å². The summed E-state index contributed by atoms with van der Waals surface area (Å²) in [6, 6.07) is 27.8. The lowest BCUT2D eigenvalue weighted by Crippen LogP contribution is -2.32. The predicted molar refractivity (Wildman–Crippen MR) is 138 cm³/mol. The minimum atomic E-state index is -0.471. The molecule has 0 saturated heterocycles. The van der Waals surface area contributed by atoms with Crippen molar-refractivity contribution in [3.05, 3.63) is 112 Å². The molecule has 3 aromatic carbocycles. The van der Waals surface area contributed by atoms with E-state index >= 15 is 0 Å². The number of nitrogens with zero attached hydrogens (tertiary/aromatic N) is 2. The van der Waals surface area contributed by atoms with Crippen molar-refractivity contribution in [2.24, 2.45) is 10.9 Å². The minimum absolute atomic E-state index is 0.0584. The molecule has 0 fully saturated rings. The summed E-state index contributed by atoms with van der Waals surface area (Å²) >= 11 is 6.05. The number of ether oxygens (including phenoxy) is 1. The van der Waals surface area contributed by atoms with Crippen LogP contribution in [0.2, 0.25) is 5.02 Å². The lowest BCUT2D eigenvalue weighted by atomic mass is 9.69. The van der Waals surface area contributed by atoms with E-state index in [4.69, 9.17) is 21.3 Å². The van der Waals surface area contributed by atoms with Gasteiger partial charge in [-0.15, -0.1) is 0 Å². The van der Waals surface area contributed by atoms with Gasteiger partial charge in [-0.3, -0.25) is 9.79 Å². The number of hydrogen-bond donors (Lipinski definition) is 0. The number of halogens is 1. The van der Waals surface area contributed by atoms with Crippen LogP contribution in [-0.2, 0) is 11.4 Å². The zero-order valence-electron chi connectivity index (χ0n) is 19.4. The van der Waals surface area contributed by atoms with Crippen LogP contribution in [0.4, 0.5) is 0 Å². The maximum absolute atomic E-state index is 13.5. The Labute approximate surface area is 210 Å². The van der Waals surface area contributed by atoms with E-state index in [1.807, 2.05) is 85.8 Å². The van der Waals surface area contributed by atoms with Crippen molar-refractivity contribution >= 4 is 23.1 Å². The fourth-order valence-corrected chi connectivity index (χ4v) is 5.20. The van der Waals surface area contributed by atoms with Crippen LogP contribution in [0.5, 0.6) is 5.75 Å². The summed E-state index contributed by atoms with van der Waals surface area (Å²) in [7, 11) is 0. The molecule has 1 aliphatic heterocycles. The van der Waals surface area contributed by atoms with E-state index in [9.17, 15) is 10.1 Å². The van der Waals surface area contributed by atoms with Crippen LogP contribution in [0.25, 0.3) is 0 Å². The molecule has 0 amide bonds. The van der Waals surface area contributed by atoms with Gasteiger partial charge in [0.1, 0.15) is 12.4 Å². The third kappa shape index (κ3) is 4.78. The van der Waals surface area contributed by atoms with Crippen molar-refractivity contribution in [3.8, 4) is 11.8 Å². The molecule has 0 N–H and O–H groups in total. The third-order valence-electron chi connectivity index (χ3n) is 6.86. The van der Waals surface area contributed by atoms with Gasteiger partial charge in [0.05, 0.1) is 12.0 Å². The van der Waals surface area contributed by atoms with Crippen molar-refractivity contribution < 1.29 is 9.53 Å². The summed E-state index contributed by atoms with van der Waals surface area (Å²) in [5.41, 5.74) is 5.36. The summed E-state index contributed by atoms with van der Waals surface area (Å²) in [5, 5.41) is 10.7. The molecular weight excluding hydrogens is 456 g/mol. The minimum Gasteiger partial charge on any atom is -0.489 e. The van der Waals surface area contributed by atoms with Crippen LogP contribution in [0, 0.1) is 17.2 Å². The molecule has 0 bridgehead atoms. The molecule has 0 radical (unpaired) electrons. The van der Waals surface area contributed by atoms with Gasteiger partial charge in [0, 0.05) is 34.3 Å². The molecule has 3 aromatic rings. The first-order valence-corrected chi connectivity index (χ1v) is 12.1. The number of benzene rings is 3. The number of carbonyl (C=O) groups excluding carboxylic acids is 1. The molecule has 1 unspecified atom stereocenters. The smallest absolute Gasteiger partial charge is 0.161 e. The van der Waals surface area contributed by atoms with E-state index in [1.165, 1.54) is 0 Å². The van der Waals surface area contributed by atoms with Crippen molar-refractivity contribution in [1.82, 2.24) is 0 Å². The first kappa shape index (κ1) is 23.1. The van der Waals surface area contributed by atoms with Gasteiger partial charge < -0.3 is 4.74 Å². The van der Waals surface area contributed by atoms with Crippen molar-refractivity contribution in [1.29, 1.82) is 5.26 Å². The van der Waals surface area contributed by atoms with Crippen molar-refractivity contribution in [2.45, 2.75) is 38.2 Å². The van der Waals surface area contributed by atoms with Gasteiger partial charge >= 0.3 is 0 Å².